The minimum Gasteiger partial charge on any atom is -0.303 e. The Balaban J connectivity index is 1.87. The smallest absolute Gasteiger partial charge is 0.0869 e. The van der Waals surface area contributed by atoms with Crippen LogP contribution in [0.1, 0.15) is 6.42 Å². The number of halogens is 1. The molecule has 0 saturated carbocycles. The highest BCUT2D eigenvalue weighted by atomic mass is 19.1. The van der Waals surface area contributed by atoms with E-state index in [0.29, 0.717) is 18.4 Å². The molecule has 3 aliphatic rings. The summed E-state index contributed by atoms with van der Waals surface area (Å²) in [5.74, 6) is 0. The number of rotatable bonds is 3. The van der Waals surface area contributed by atoms with Crippen molar-refractivity contribution in [1.82, 2.24) is 9.80 Å². The molecule has 3 heterocycles. The summed E-state index contributed by atoms with van der Waals surface area (Å²) in [7, 11) is 2.16. The third-order valence-corrected chi connectivity index (χ3v) is 3.21. The van der Waals surface area contributed by atoms with E-state index in [1.165, 1.54) is 12.5 Å². The van der Waals surface area contributed by atoms with Crippen molar-refractivity contribution >= 4 is 0 Å². The third kappa shape index (κ3) is 1.74. The van der Waals surface area contributed by atoms with Crippen LogP contribution in [0.15, 0.2) is 24.6 Å². The van der Waals surface area contributed by atoms with Crippen LogP contribution in [-0.4, -0.2) is 48.6 Å². The van der Waals surface area contributed by atoms with Crippen LogP contribution in [-0.2, 0) is 0 Å². The molecule has 2 atom stereocenters. The minimum atomic E-state index is 0.573. The Morgan fingerprint density at radius 1 is 1.50 bits per heavy atom. The highest BCUT2D eigenvalue weighted by Gasteiger charge is 2.42. The van der Waals surface area contributed by atoms with E-state index in [1.54, 1.807) is 0 Å². The van der Waals surface area contributed by atoms with Gasteiger partial charge >= 0.3 is 0 Å². The van der Waals surface area contributed by atoms with Crippen molar-refractivity contribution in [2.75, 3.05) is 26.7 Å². The number of nitrogens with zero attached hydrogens (tertiary/aromatic N) is 2. The van der Waals surface area contributed by atoms with Gasteiger partial charge in [0.1, 0.15) is 0 Å². The molecule has 0 aliphatic carbocycles. The van der Waals surface area contributed by atoms with Gasteiger partial charge in [-0.1, -0.05) is 6.58 Å². The van der Waals surface area contributed by atoms with E-state index in [2.05, 4.69) is 23.4 Å². The van der Waals surface area contributed by atoms with Gasteiger partial charge in [0.25, 0.3) is 0 Å². The van der Waals surface area contributed by atoms with E-state index in [1.807, 2.05) is 0 Å². The van der Waals surface area contributed by atoms with Gasteiger partial charge in [-0.2, -0.15) is 0 Å². The predicted octanol–water partition coefficient (Wildman–Crippen LogP) is 1.41. The molecule has 3 saturated heterocycles. The second-order valence-electron chi connectivity index (χ2n) is 4.39. The maximum atomic E-state index is 11.9. The molecule has 0 amide bonds. The Kier molecular flexibility index (Phi) is 2.70. The molecule has 14 heavy (non-hydrogen) atoms. The summed E-state index contributed by atoms with van der Waals surface area (Å²) < 4.78 is 11.9. The standard InChI is InChI=1S/C11H17FN2/c1-9(3-4-12)6-14-10-5-11(14)8-13(2)7-10/h3-4,10-11H,1,5-8H2,2H3/b4-3+. The molecule has 0 N–H and O–H groups in total. The molecule has 0 aromatic carbocycles. The van der Waals surface area contributed by atoms with Gasteiger partial charge in [-0.25, -0.2) is 4.39 Å². The monoisotopic (exact) mass is 196 g/mol. The summed E-state index contributed by atoms with van der Waals surface area (Å²) in [5, 5.41) is 0. The molecule has 0 aromatic heterocycles. The van der Waals surface area contributed by atoms with Crippen molar-refractivity contribution in [2.45, 2.75) is 18.5 Å². The lowest BCUT2D eigenvalue weighted by Gasteiger charge is -2.56. The van der Waals surface area contributed by atoms with Gasteiger partial charge in [-0.05, 0) is 25.1 Å². The van der Waals surface area contributed by atoms with Crippen molar-refractivity contribution in [3.8, 4) is 0 Å². The van der Waals surface area contributed by atoms with Crippen LogP contribution in [0.4, 0.5) is 4.39 Å². The van der Waals surface area contributed by atoms with Gasteiger partial charge in [0, 0.05) is 31.7 Å². The van der Waals surface area contributed by atoms with Crippen LogP contribution >= 0.6 is 0 Å². The molecule has 3 fully saturated rings. The van der Waals surface area contributed by atoms with Crippen LogP contribution in [0.3, 0.4) is 0 Å². The van der Waals surface area contributed by atoms with E-state index < -0.39 is 0 Å². The van der Waals surface area contributed by atoms with Crippen LogP contribution in [0, 0.1) is 0 Å². The fourth-order valence-corrected chi connectivity index (χ4v) is 2.53. The van der Waals surface area contributed by atoms with E-state index in [-0.39, 0.29) is 0 Å². The molecular weight excluding hydrogens is 179 g/mol. The molecule has 3 heteroatoms. The van der Waals surface area contributed by atoms with Gasteiger partial charge in [0.05, 0.1) is 6.33 Å². The fourth-order valence-electron chi connectivity index (χ4n) is 2.53. The second kappa shape index (κ2) is 3.83. The summed E-state index contributed by atoms with van der Waals surface area (Å²) in [5.41, 5.74) is 0.867. The van der Waals surface area contributed by atoms with E-state index in [0.717, 1.165) is 25.2 Å². The van der Waals surface area contributed by atoms with Gasteiger partial charge in [0.2, 0.25) is 0 Å². The van der Waals surface area contributed by atoms with E-state index in [9.17, 15) is 4.39 Å². The lowest BCUT2D eigenvalue weighted by Crippen LogP contribution is -2.67. The van der Waals surface area contributed by atoms with Gasteiger partial charge < -0.3 is 4.90 Å². The first-order valence-electron chi connectivity index (χ1n) is 5.09. The molecule has 2 bridgehead atoms. The summed E-state index contributed by atoms with van der Waals surface area (Å²) in [6.45, 7) is 6.94. The van der Waals surface area contributed by atoms with Crippen molar-refractivity contribution in [3.05, 3.63) is 24.6 Å². The SMILES string of the molecule is C=C(/C=C/F)CN1C2CC1CN(C)C2. The molecule has 0 aromatic rings. The summed E-state index contributed by atoms with van der Waals surface area (Å²) in [6.07, 6.45) is 3.33. The van der Waals surface area contributed by atoms with Crippen molar-refractivity contribution in [1.29, 1.82) is 0 Å². The Hall–Kier alpha value is -0.670. The first-order valence-corrected chi connectivity index (χ1v) is 5.09. The van der Waals surface area contributed by atoms with Crippen molar-refractivity contribution in [3.63, 3.8) is 0 Å². The van der Waals surface area contributed by atoms with E-state index in [4.69, 9.17) is 0 Å². The first-order chi connectivity index (χ1) is 6.70. The highest BCUT2D eigenvalue weighted by Crippen LogP contribution is 2.31. The number of likely N-dealkylation sites (N-methyl/N-ethyl adjacent to an activating group) is 1. The van der Waals surface area contributed by atoms with Crippen molar-refractivity contribution < 1.29 is 4.39 Å². The average molecular weight is 196 g/mol. The van der Waals surface area contributed by atoms with Gasteiger partial charge in [-0.3, -0.25) is 4.90 Å². The molecule has 2 unspecified atom stereocenters. The zero-order valence-corrected chi connectivity index (χ0v) is 8.62. The molecule has 3 aliphatic heterocycles. The molecule has 2 nitrogen and oxygen atoms in total. The second-order valence-corrected chi connectivity index (χ2v) is 4.39. The number of piperidine rings is 1. The Morgan fingerprint density at radius 3 is 2.71 bits per heavy atom. The van der Waals surface area contributed by atoms with Crippen molar-refractivity contribution in [2.24, 2.45) is 0 Å². The zero-order chi connectivity index (χ0) is 10.1. The highest BCUT2D eigenvalue weighted by molar-refractivity contribution is 5.17. The lowest BCUT2D eigenvalue weighted by atomic mass is 9.87. The summed E-state index contributed by atoms with van der Waals surface area (Å²) in [6, 6.07) is 1.34. The maximum absolute atomic E-state index is 11.9. The minimum absolute atomic E-state index is 0.573. The van der Waals surface area contributed by atoms with Gasteiger partial charge in [0.15, 0.2) is 0 Å². The fraction of sp³-hybridized carbons (Fsp3) is 0.636. The molecule has 3 rings (SSSR count). The normalized spacial score (nSPS) is 33.3. The topological polar surface area (TPSA) is 6.48 Å². The van der Waals surface area contributed by atoms with Crippen LogP contribution in [0.25, 0.3) is 0 Å². The first kappa shape index (κ1) is 9.87. The largest absolute Gasteiger partial charge is 0.303 e. The number of hydrogen-bond donors (Lipinski definition) is 0. The Morgan fingerprint density at radius 2 is 2.14 bits per heavy atom. The third-order valence-electron chi connectivity index (χ3n) is 3.21. The summed E-state index contributed by atoms with van der Waals surface area (Å²) >= 11 is 0. The lowest BCUT2D eigenvalue weighted by molar-refractivity contribution is -0.0534. The van der Waals surface area contributed by atoms with Gasteiger partial charge in [-0.15, -0.1) is 0 Å². The average Bonchev–Trinajstić information content (AvgIpc) is 2.14. The molecule has 0 spiro atoms. The summed E-state index contributed by atoms with van der Waals surface area (Å²) in [4.78, 5) is 4.80. The van der Waals surface area contributed by atoms with E-state index >= 15 is 0 Å². The zero-order valence-electron chi connectivity index (χ0n) is 8.62. The quantitative estimate of drug-likeness (QED) is 0.630. The maximum Gasteiger partial charge on any atom is 0.0869 e. The molecular formula is C11H17FN2. The molecule has 0 radical (unpaired) electrons. The number of piperazine rings is 1. The number of hydrogen-bond acceptors (Lipinski definition) is 2. The van der Waals surface area contributed by atoms with Crippen LogP contribution < -0.4 is 0 Å². The number of fused-ring (bicyclic) bond motifs is 2. The van der Waals surface area contributed by atoms with Crippen LogP contribution in [0.5, 0.6) is 0 Å². The Labute approximate surface area is 84.7 Å². The predicted molar refractivity (Wildman–Crippen MR) is 55.8 cm³/mol. The molecule has 78 valence electrons. The Bertz CT molecular complexity index is 250. The van der Waals surface area contributed by atoms with Crippen LogP contribution in [0.2, 0.25) is 0 Å².